The maximum Gasteiger partial charge on any atom is 0.329 e. The van der Waals surface area contributed by atoms with Crippen molar-refractivity contribution < 1.29 is 19.8 Å². The number of aliphatic hydroxyl groups is 1. The van der Waals surface area contributed by atoms with E-state index in [1.54, 1.807) is 18.2 Å². The number of hydrogen-bond donors (Lipinski definition) is 2. The number of carbonyl (C=O) groups is 2. The molecule has 1 heterocycles. The fraction of sp³-hybridized carbons (Fsp3) is 0.154. The Morgan fingerprint density at radius 3 is 2.50 bits per heavy atom. The third kappa shape index (κ3) is 3.28. The van der Waals surface area contributed by atoms with Crippen LogP contribution in [0.25, 0.3) is 6.08 Å². The molecule has 1 aromatic rings. The number of thiocarbonyl (C=S) groups is 1. The summed E-state index contributed by atoms with van der Waals surface area (Å²) in [4.78, 5) is 24.5. The summed E-state index contributed by atoms with van der Waals surface area (Å²) in [5.74, 6) is -1.94. The van der Waals surface area contributed by atoms with Crippen molar-refractivity contribution in [3.8, 4) is 0 Å². The van der Waals surface area contributed by atoms with Gasteiger partial charge in [-0.2, -0.15) is 0 Å². The van der Waals surface area contributed by atoms with Crippen molar-refractivity contribution in [3.05, 3.63) is 38.7 Å². The zero-order valence-electron chi connectivity index (χ0n) is 10.8. The van der Waals surface area contributed by atoms with Crippen LogP contribution in [0.3, 0.4) is 0 Å². The summed E-state index contributed by atoms with van der Waals surface area (Å²) in [7, 11) is 0. The normalized spacial score (nSPS) is 18.1. The molecule has 1 fully saturated rings. The maximum absolute atomic E-state index is 12.3. The van der Waals surface area contributed by atoms with E-state index >= 15 is 0 Å². The molecule has 1 unspecified atom stereocenters. The highest BCUT2D eigenvalue weighted by atomic mass is 35.5. The quantitative estimate of drug-likeness (QED) is 0.620. The van der Waals surface area contributed by atoms with Crippen LogP contribution in [0.4, 0.5) is 0 Å². The van der Waals surface area contributed by atoms with Crippen LogP contribution in [0.1, 0.15) is 5.56 Å². The van der Waals surface area contributed by atoms with Crippen LogP contribution in [0, 0.1) is 0 Å². The standard InChI is InChI=1S/C13H9Cl2NO4S2/c14-7-2-1-3-8(15)6(7)4-10-11(18)16(13(21)22-10)9(5-17)12(19)20/h1-4,9,17H,5H2,(H,19,20). The van der Waals surface area contributed by atoms with Gasteiger partial charge in [-0.15, -0.1) is 0 Å². The molecular formula is C13H9Cl2NO4S2. The lowest BCUT2D eigenvalue weighted by molar-refractivity contribution is -0.146. The van der Waals surface area contributed by atoms with Crippen molar-refractivity contribution in [1.82, 2.24) is 4.90 Å². The SMILES string of the molecule is O=C(O)C(CO)N1C(=O)C(=Cc2c(Cl)cccc2Cl)SC1=S. The highest BCUT2D eigenvalue weighted by Crippen LogP contribution is 2.36. The molecule has 2 N–H and O–H groups in total. The van der Waals surface area contributed by atoms with Gasteiger partial charge in [0.15, 0.2) is 6.04 Å². The van der Waals surface area contributed by atoms with Crippen LogP contribution in [0.5, 0.6) is 0 Å². The van der Waals surface area contributed by atoms with E-state index in [-0.39, 0.29) is 9.23 Å². The van der Waals surface area contributed by atoms with E-state index in [1.165, 1.54) is 6.08 Å². The Morgan fingerprint density at radius 1 is 1.41 bits per heavy atom. The fourth-order valence-electron chi connectivity index (χ4n) is 1.80. The summed E-state index contributed by atoms with van der Waals surface area (Å²) in [5.41, 5.74) is 0.446. The number of benzene rings is 1. The maximum atomic E-state index is 12.3. The van der Waals surface area contributed by atoms with Gasteiger partial charge in [-0.1, -0.05) is 53.2 Å². The smallest absolute Gasteiger partial charge is 0.329 e. The van der Waals surface area contributed by atoms with Crippen LogP contribution in [-0.4, -0.2) is 44.0 Å². The predicted octanol–water partition coefficient (Wildman–Crippen LogP) is 2.64. The van der Waals surface area contributed by atoms with E-state index in [1.807, 2.05) is 0 Å². The number of carboxylic acids is 1. The van der Waals surface area contributed by atoms with E-state index < -0.39 is 24.5 Å². The molecule has 116 valence electrons. The molecule has 0 bridgehead atoms. The lowest BCUT2D eigenvalue weighted by atomic mass is 10.2. The van der Waals surface area contributed by atoms with Gasteiger partial charge in [-0.25, -0.2) is 4.79 Å². The summed E-state index contributed by atoms with van der Waals surface area (Å²) in [6.45, 7) is -0.734. The number of hydrogen-bond acceptors (Lipinski definition) is 5. The lowest BCUT2D eigenvalue weighted by Crippen LogP contribution is -2.46. The van der Waals surface area contributed by atoms with Crippen LogP contribution >= 0.6 is 47.2 Å². The number of rotatable bonds is 4. The molecule has 0 radical (unpaired) electrons. The number of nitrogens with zero attached hydrogens (tertiary/aromatic N) is 1. The molecular weight excluding hydrogens is 369 g/mol. The number of aliphatic carboxylic acids is 1. The van der Waals surface area contributed by atoms with Crippen molar-refractivity contribution in [2.75, 3.05) is 6.61 Å². The summed E-state index contributed by atoms with van der Waals surface area (Å²) in [6, 6.07) is 3.49. The van der Waals surface area contributed by atoms with Gasteiger partial charge in [0.25, 0.3) is 5.91 Å². The van der Waals surface area contributed by atoms with E-state index in [9.17, 15) is 9.59 Å². The van der Waals surface area contributed by atoms with Gasteiger partial charge in [-0.3, -0.25) is 9.69 Å². The number of amides is 1. The number of halogens is 2. The number of aliphatic hydroxyl groups excluding tert-OH is 1. The van der Waals surface area contributed by atoms with Crippen LogP contribution < -0.4 is 0 Å². The number of carboxylic acid groups (broad SMARTS) is 1. The Kier molecular flexibility index (Phi) is 5.46. The number of carbonyl (C=O) groups excluding carboxylic acids is 1. The average molecular weight is 378 g/mol. The van der Waals surface area contributed by atoms with E-state index in [4.69, 9.17) is 45.6 Å². The first kappa shape index (κ1) is 17.2. The van der Waals surface area contributed by atoms with Crippen molar-refractivity contribution in [3.63, 3.8) is 0 Å². The van der Waals surface area contributed by atoms with Crippen molar-refractivity contribution in [1.29, 1.82) is 0 Å². The molecule has 5 nitrogen and oxygen atoms in total. The molecule has 0 saturated carbocycles. The van der Waals surface area contributed by atoms with Gasteiger partial charge in [0, 0.05) is 15.6 Å². The Bertz CT molecular complexity index is 672. The molecule has 1 saturated heterocycles. The van der Waals surface area contributed by atoms with Gasteiger partial charge in [0.05, 0.1) is 11.5 Å². The van der Waals surface area contributed by atoms with Gasteiger partial charge >= 0.3 is 5.97 Å². The van der Waals surface area contributed by atoms with Gasteiger partial charge in [-0.05, 0) is 18.2 Å². The second-order valence-corrected chi connectivity index (χ2v) is 6.71. The molecule has 0 aliphatic carbocycles. The van der Waals surface area contributed by atoms with Crippen molar-refractivity contribution in [2.45, 2.75) is 6.04 Å². The molecule has 1 aliphatic rings. The molecule has 1 aromatic carbocycles. The zero-order chi connectivity index (χ0) is 16.4. The van der Waals surface area contributed by atoms with Crippen LogP contribution in [0.15, 0.2) is 23.1 Å². The first-order valence-corrected chi connectivity index (χ1v) is 7.89. The minimum absolute atomic E-state index is 0.0564. The largest absolute Gasteiger partial charge is 0.480 e. The highest BCUT2D eigenvalue weighted by molar-refractivity contribution is 8.26. The van der Waals surface area contributed by atoms with Gasteiger partial charge < -0.3 is 10.2 Å². The first-order chi connectivity index (χ1) is 10.4. The Labute approximate surface area is 145 Å². The van der Waals surface area contributed by atoms with Crippen molar-refractivity contribution >= 4 is 69.5 Å². The fourth-order valence-corrected chi connectivity index (χ4v) is 3.64. The summed E-state index contributed by atoms with van der Waals surface area (Å²) < 4.78 is 0.0564. The van der Waals surface area contributed by atoms with E-state index in [0.717, 1.165) is 16.7 Å². The monoisotopic (exact) mass is 377 g/mol. The van der Waals surface area contributed by atoms with E-state index in [2.05, 4.69) is 0 Å². The molecule has 2 rings (SSSR count). The summed E-state index contributed by atoms with van der Waals surface area (Å²) >= 11 is 18.0. The first-order valence-electron chi connectivity index (χ1n) is 5.91. The second kappa shape index (κ2) is 6.97. The molecule has 22 heavy (non-hydrogen) atoms. The molecule has 0 aromatic heterocycles. The predicted molar refractivity (Wildman–Crippen MR) is 90.0 cm³/mol. The third-order valence-corrected chi connectivity index (χ3v) is 4.86. The molecule has 1 amide bonds. The van der Waals surface area contributed by atoms with Gasteiger partial charge in [0.1, 0.15) is 4.32 Å². The molecule has 1 atom stereocenters. The Morgan fingerprint density at radius 2 is 2.00 bits per heavy atom. The molecule has 1 aliphatic heterocycles. The Balaban J connectivity index is 2.40. The Hall–Kier alpha value is -1.12. The summed E-state index contributed by atoms with van der Waals surface area (Å²) in [6.07, 6.45) is 1.46. The lowest BCUT2D eigenvalue weighted by Gasteiger charge is -2.20. The number of thioether (sulfide) groups is 1. The van der Waals surface area contributed by atoms with Crippen molar-refractivity contribution in [2.24, 2.45) is 0 Å². The average Bonchev–Trinajstić information content (AvgIpc) is 2.71. The van der Waals surface area contributed by atoms with E-state index in [0.29, 0.717) is 15.6 Å². The van der Waals surface area contributed by atoms with Crippen LogP contribution in [-0.2, 0) is 9.59 Å². The minimum Gasteiger partial charge on any atom is -0.480 e. The van der Waals surface area contributed by atoms with Gasteiger partial charge in [0.2, 0.25) is 0 Å². The third-order valence-electron chi connectivity index (χ3n) is 2.87. The minimum atomic E-state index is -1.42. The summed E-state index contributed by atoms with van der Waals surface area (Å²) in [5, 5.41) is 18.9. The second-order valence-electron chi connectivity index (χ2n) is 4.22. The highest BCUT2D eigenvalue weighted by Gasteiger charge is 2.40. The molecule has 9 heteroatoms. The topological polar surface area (TPSA) is 77.8 Å². The van der Waals surface area contributed by atoms with Crippen LogP contribution in [0.2, 0.25) is 10.0 Å². The zero-order valence-corrected chi connectivity index (χ0v) is 14.0. The molecule has 0 spiro atoms.